The Balaban J connectivity index is 2.43. The molecule has 1 N–H and O–H groups in total. The first-order valence-corrected chi connectivity index (χ1v) is 7.94. The number of carbonyl (C=O) groups excluding carboxylic acids is 1. The highest BCUT2D eigenvalue weighted by Crippen LogP contribution is 2.11. The first kappa shape index (κ1) is 17.2. The third-order valence-electron chi connectivity index (χ3n) is 2.48. The molecule has 1 rings (SSSR count). The van der Waals surface area contributed by atoms with Gasteiger partial charge in [0.2, 0.25) is 0 Å². The number of hydrogen-bond donors (Lipinski definition) is 1. The summed E-state index contributed by atoms with van der Waals surface area (Å²) in [6.45, 7) is 3.92. The van der Waals surface area contributed by atoms with Gasteiger partial charge in [0.25, 0.3) is 0 Å². The second-order valence-electron chi connectivity index (χ2n) is 4.31. The summed E-state index contributed by atoms with van der Waals surface area (Å²) in [6.07, 6.45) is 4.48. The van der Waals surface area contributed by atoms with Gasteiger partial charge in [0.15, 0.2) is 0 Å². The minimum absolute atomic E-state index is 0.0451. The van der Waals surface area contributed by atoms with Crippen molar-refractivity contribution in [3.8, 4) is 0 Å². The Morgan fingerprint density at radius 3 is 2.52 bits per heavy atom. The number of nitrogens with one attached hydrogen (secondary N) is 1. The summed E-state index contributed by atoms with van der Waals surface area (Å²) in [4.78, 5) is 11.2. The summed E-state index contributed by atoms with van der Waals surface area (Å²) in [5.74, 6) is 0. The minimum atomic E-state index is -4.04. The maximum absolute atomic E-state index is 11.8. The molecule has 7 heteroatoms. The Morgan fingerprint density at radius 2 is 1.90 bits per heavy atom. The zero-order valence-electron chi connectivity index (χ0n) is 12.0. The summed E-state index contributed by atoms with van der Waals surface area (Å²) in [7, 11) is -4.04. The van der Waals surface area contributed by atoms with Gasteiger partial charge in [0.1, 0.15) is 6.61 Å². The molecule has 21 heavy (non-hydrogen) atoms. The maximum Gasteiger partial charge on any atom is 0.432 e. The number of benzene rings is 1. The summed E-state index contributed by atoms with van der Waals surface area (Å²) in [5.41, 5.74) is 2.66. The molecule has 0 saturated carbocycles. The van der Waals surface area contributed by atoms with Crippen molar-refractivity contribution in [2.24, 2.45) is 0 Å². The van der Waals surface area contributed by atoms with E-state index < -0.39 is 16.2 Å². The van der Waals surface area contributed by atoms with Crippen LogP contribution in [0.5, 0.6) is 0 Å². The smallest absolute Gasteiger partial charge is 0.432 e. The van der Waals surface area contributed by atoms with E-state index in [0.717, 1.165) is 18.4 Å². The van der Waals surface area contributed by atoms with E-state index in [1.807, 2.05) is 19.9 Å². The molecule has 0 aliphatic rings. The molecule has 0 spiro atoms. The molecule has 0 bridgehead atoms. The zero-order valence-corrected chi connectivity index (χ0v) is 12.9. The van der Waals surface area contributed by atoms with Gasteiger partial charge in [0.05, 0.1) is 4.90 Å². The standard InChI is InChI=1S/C14H19NO5S/c1-3-4-5-6-11-19-14(16)15-20-21(17,18)13-9-7-12(2)8-10-13/h5-10H,3-4,11H2,1-2H3,(H,15,16)/b6-5+. The van der Waals surface area contributed by atoms with Gasteiger partial charge in [-0.25, -0.2) is 4.79 Å². The molecule has 1 aromatic carbocycles. The molecule has 0 heterocycles. The molecule has 0 unspecified atom stereocenters. The van der Waals surface area contributed by atoms with Crippen LogP contribution in [0.25, 0.3) is 0 Å². The van der Waals surface area contributed by atoms with Gasteiger partial charge in [-0.05, 0) is 25.5 Å². The second-order valence-corrected chi connectivity index (χ2v) is 5.86. The van der Waals surface area contributed by atoms with Crippen LogP contribution in [-0.4, -0.2) is 21.1 Å². The summed E-state index contributed by atoms with van der Waals surface area (Å²) < 4.78 is 32.6. The first-order valence-electron chi connectivity index (χ1n) is 6.53. The molecule has 116 valence electrons. The molecule has 0 radical (unpaired) electrons. The Morgan fingerprint density at radius 1 is 1.24 bits per heavy atom. The monoisotopic (exact) mass is 313 g/mol. The van der Waals surface area contributed by atoms with E-state index in [0.29, 0.717) is 0 Å². The highest BCUT2D eigenvalue weighted by Gasteiger charge is 2.17. The lowest BCUT2D eigenvalue weighted by atomic mass is 10.2. The van der Waals surface area contributed by atoms with E-state index in [-0.39, 0.29) is 11.5 Å². The molecule has 1 amide bonds. The predicted octanol–water partition coefficient (Wildman–Crippen LogP) is 2.70. The average Bonchev–Trinajstić information content (AvgIpc) is 2.45. The summed E-state index contributed by atoms with van der Waals surface area (Å²) in [6, 6.07) is 6.05. The van der Waals surface area contributed by atoms with Crippen LogP contribution in [0.4, 0.5) is 4.79 Å². The van der Waals surface area contributed by atoms with E-state index in [1.54, 1.807) is 23.7 Å². The topological polar surface area (TPSA) is 81.7 Å². The molecule has 0 aromatic heterocycles. The summed E-state index contributed by atoms with van der Waals surface area (Å²) in [5, 5.41) is 0. The predicted molar refractivity (Wildman–Crippen MR) is 78.0 cm³/mol. The number of hydroxylamine groups is 1. The molecule has 1 aromatic rings. The van der Waals surface area contributed by atoms with Crippen LogP contribution in [0.15, 0.2) is 41.3 Å². The molecule has 0 atom stereocenters. The van der Waals surface area contributed by atoms with Gasteiger partial charge in [-0.15, -0.1) is 4.28 Å². The quantitative estimate of drug-likeness (QED) is 0.618. The number of amides is 1. The lowest BCUT2D eigenvalue weighted by Gasteiger charge is -2.06. The third-order valence-corrected chi connectivity index (χ3v) is 3.63. The molecule has 0 fully saturated rings. The number of carbonyl (C=O) groups is 1. The maximum atomic E-state index is 11.8. The third kappa shape index (κ3) is 6.42. The molecule has 0 saturated heterocycles. The van der Waals surface area contributed by atoms with E-state index in [9.17, 15) is 13.2 Å². The largest absolute Gasteiger partial charge is 0.444 e. The Bertz CT molecular complexity index is 578. The van der Waals surface area contributed by atoms with Crippen molar-refractivity contribution in [3.05, 3.63) is 42.0 Å². The van der Waals surface area contributed by atoms with Gasteiger partial charge < -0.3 is 4.74 Å². The molecule has 0 aliphatic carbocycles. The van der Waals surface area contributed by atoms with Crippen molar-refractivity contribution in [2.75, 3.05) is 6.61 Å². The highest BCUT2D eigenvalue weighted by molar-refractivity contribution is 7.86. The number of rotatable bonds is 7. The van der Waals surface area contributed by atoms with Crippen molar-refractivity contribution in [3.63, 3.8) is 0 Å². The molecular weight excluding hydrogens is 294 g/mol. The fourth-order valence-corrected chi connectivity index (χ4v) is 2.09. The molecule has 0 aliphatic heterocycles. The second kappa shape index (κ2) is 8.43. The first-order chi connectivity index (χ1) is 9.95. The molecular formula is C14H19NO5S. The number of hydrogen-bond acceptors (Lipinski definition) is 5. The van der Waals surface area contributed by atoms with Crippen molar-refractivity contribution in [2.45, 2.75) is 31.6 Å². The van der Waals surface area contributed by atoms with Crippen LogP contribution in [-0.2, 0) is 19.1 Å². The van der Waals surface area contributed by atoms with Crippen LogP contribution in [0.1, 0.15) is 25.3 Å². The number of aryl methyl sites for hydroxylation is 1. The lowest BCUT2D eigenvalue weighted by Crippen LogP contribution is -2.28. The van der Waals surface area contributed by atoms with Crippen LogP contribution in [0, 0.1) is 6.92 Å². The van der Waals surface area contributed by atoms with Crippen molar-refractivity contribution >= 4 is 16.2 Å². The van der Waals surface area contributed by atoms with Gasteiger partial charge in [-0.2, -0.15) is 13.9 Å². The van der Waals surface area contributed by atoms with Crippen molar-refractivity contribution in [1.82, 2.24) is 5.48 Å². The van der Waals surface area contributed by atoms with E-state index in [2.05, 4.69) is 4.28 Å². The number of allylic oxidation sites excluding steroid dienone is 1. The van der Waals surface area contributed by atoms with E-state index >= 15 is 0 Å². The Labute approximate surface area is 124 Å². The average molecular weight is 313 g/mol. The number of ether oxygens (including phenoxy) is 1. The minimum Gasteiger partial charge on any atom is -0.444 e. The van der Waals surface area contributed by atoms with Crippen molar-refractivity contribution < 1.29 is 22.2 Å². The van der Waals surface area contributed by atoms with Gasteiger partial charge in [-0.1, -0.05) is 43.2 Å². The Kier molecular flexibility index (Phi) is 6.90. The fourth-order valence-electron chi connectivity index (χ4n) is 1.35. The van der Waals surface area contributed by atoms with Crippen LogP contribution >= 0.6 is 0 Å². The van der Waals surface area contributed by atoms with E-state index in [1.165, 1.54) is 12.1 Å². The van der Waals surface area contributed by atoms with Crippen LogP contribution < -0.4 is 5.48 Å². The SMILES string of the molecule is CCC/C=C/COC(=O)NOS(=O)(=O)c1ccc(C)cc1. The molecule has 6 nitrogen and oxygen atoms in total. The van der Waals surface area contributed by atoms with Crippen LogP contribution in [0.2, 0.25) is 0 Å². The fraction of sp³-hybridized carbons (Fsp3) is 0.357. The van der Waals surface area contributed by atoms with E-state index in [4.69, 9.17) is 4.74 Å². The zero-order chi connectivity index (χ0) is 15.7. The van der Waals surface area contributed by atoms with Crippen molar-refractivity contribution in [1.29, 1.82) is 0 Å². The summed E-state index contributed by atoms with van der Waals surface area (Å²) >= 11 is 0. The van der Waals surface area contributed by atoms with Crippen LogP contribution in [0.3, 0.4) is 0 Å². The lowest BCUT2D eigenvalue weighted by molar-refractivity contribution is 0.111. The normalized spacial score (nSPS) is 11.5. The van der Waals surface area contributed by atoms with Gasteiger partial charge in [-0.3, -0.25) is 0 Å². The highest BCUT2D eigenvalue weighted by atomic mass is 32.2. The Hall–Kier alpha value is -1.86. The van der Waals surface area contributed by atoms with Gasteiger partial charge in [0, 0.05) is 0 Å². The van der Waals surface area contributed by atoms with Gasteiger partial charge >= 0.3 is 16.2 Å². The number of unbranched alkanes of at least 4 members (excludes halogenated alkanes) is 1.